The van der Waals surface area contributed by atoms with Gasteiger partial charge < -0.3 is 10.1 Å². The van der Waals surface area contributed by atoms with Gasteiger partial charge in [-0.3, -0.25) is 4.90 Å². The molecule has 1 aliphatic heterocycles. The van der Waals surface area contributed by atoms with Crippen molar-refractivity contribution in [1.29, 1.82) is 0 Å². The zero-order valence-corrected chi connectivity index (χ0v) is 14.6. The molecule has 2 aromatic rings. The van der Waals surface area contributed by atoms with Gasteiger partial charge in [-0.25, -0.2) is 4.79 Å². The summed E-state index contributed by atoms with van der Waals surface area (Å²) in [5.74, 6) is 0.538. The molecule has 4 nitrogen and oxygen atoms in total. The summed E-state index contributed by atoms with van der Waals surface area (Å²) < 4.78 is 5.26. The number of piperidine rings is 1. The van der Waals surface area contributed by atoms with Crippen molar-refractivity contribution in [3.05, 3.63) is 71.8 Å². The van der Waals surface area contributed by atoms with Gasteiger partial charge >= 0.3 is 6.09 Å². The number of hydrogen-bond acceptors (Lipinski definition) is 3. The zero-order valence-electron chi connectivity index (χ0n) is 14.6. The average molecular weight is 338 g/mol. The van der Waals surface area contributed by atoms with Crippen LogP contribution in [0.2, 0.25) is 0 Å². The SMILES string of the molecule is O=C(NCC1CCN(Cc2ccccc2)CC1)OCc1ccccc1. The molecule has 0 spiro atoms. The van der Waals surface area contributed by atoms with Gasteiger partial charge in [0.1, 0.15) is 6.61 Å². The molecule has 132 valence electrons. The predicted octanol–water partition coefficient (Wildman–Crippen LogP) is 3.83. The van der Waals surface area contributed by atoms with Crippen LogP contribution in [0.5, 0.6) is 0 Å². The maximum absolute atomic E-state index is 11.8. The van der Waals surface area contributed by atoms with Gasteiger partial charge in [0.2, 0.25) is 0 Å². The number of carbonyl (C=O) groups is 1. The smallest absolute Gasteiger partial charge is 0.407 e. The van der Waals surface area contributed by atoms with Gasteiger partial charge in [-0.1, -0.05) is 60.7 Å². The summed E-state index contributed by atoms with van der Waals surface area (Å²) >= 11 is 0. The first kappa shape index (κ1) is 17.5. The van der Waals surface area contributed by atoms with Crippen molar-refractivity contribution in [2.45, 2.75) is 26.0 Å². The highest BCUT2D eigenvalue weighted by atomic mass is 16.5. The number of hydrogen-bond donors (Lipinski definition) is 1. The summed E-state index contributed by atoms with van der Waals surface area (Å²) in [7, 11) is 0. The van der Waals surface area contributed by atoms with E-state index in [1.807, 2.05) is 30.3 Å². The molecule has 0 aliphatic carbocycles. The minimum Gasteiger partial charge on any atom is -0.445 e. The second-order valence-electron chi connectivity index (χ2n) is 6.65. The molecule has 0 aromatic heterocycles. The lowest BCUT2D eigenvalue weighted by Crippen LogP contribution is -2.38. The van der Waals surface area contributed by atoms with Crippen molar-refractivity contribution in [3.8, 4) is 0 Å². The molecule has 0 atom stereocenters. The molecule has 0 radical (unpaired) electrons. The van der Waals surface area contributed by atoms with Gasteiger partial charge in [0.15, 0.2) is 0 Å². The summed E-state index contributed by atoms with van der Waals surface area (Å²) in [6, 6.07) is 20.3. The second kappa shape index (κ2) is 9.23. The third-order valence-electron chi connectivity index (χ3n) is 4.70. The summed E-state index contributed by atoms with van der Waals surface area (Å²) in [4.78, 5) is 14.3. The monoisotopic (exact) mass is 338 g/mol. The molecule has 2 aromatic carbocycles. The van der Waals surface area contributed by atoms with Gasteiger partial charge in [0.05, 0.1) is 0 Å². The van der Waals surface area contributed by atoms with E-state index in [1.54, 1.807) is 0 Å². The van der Waals surface area contributed by atoms with Gasteiger partial charge in [0, 0.05) is 13.1 Å². The number of rotatable bonds is 6. The van der Waals surface area contributed by atoms with Crippen molar-refractivity contribution >= 4 is 6.09 Å². The van der Waals surface area contributed by atoms with Crippen LogP contribution in [0.4, 0.5) is 4.79 Å². The van der Waals surface area contributed by atoms with Crippen LogP contribution in [0, 0.1) is 5.92 Å². The third kappa shape index (κ3) is 5.91. The topological polar surface area (TPSA) is 41.6 Å². The minimum atomic E-state index is -0.324. The molecule has 0 bridgehead atoms. The maximum atomic E-state index is 11.8. The summed E-state index contributed by atoms with van der Waals surface area (Å²) in [5.41, 5.74) is 2.37. The van der Waals surface area contributed by atoms with Crippen molar-refractivity contribution in [3.63, 3.8) is 0 Å². The van der Waals surface area contributed by atoms with Crippen molar-refractivity contribution in [2.75, 3.05) is 19.6 Å². The van der Waals surface area contributed by atoms with E-state index in [-0.39, 0.29) is 6.09 Å². The van der Waals surface area contributed by atoms with Gasteiger partial charge in [-0.05, 0) is 43.0 Å². The Balaban J connectivity index is 1.31. The molecule has 4 heteroatoms. The fourth-order valence-electron chi connectivity index (χ4n) is 3.19. The highest BCUT2D eigenvalue weighted by Gasteiger charge is 2.19. The lowest BCUT2D eigenvalue weighted by molar-refractivity contribution is 0.132. The average Bonchev–Trinajstić information content (AvgIpc) is 2.67. The molecular weight excluding hydrogens is 312 g/mol. The van der Waals surface area contributed by atoms with Gasteiger partial charge in [-0.2, -0.15) is 0 Å². The third-order valence-corrected chi connectivity index (χ3v) is 4.70. The van der Waals surface area contributed by atoms with Crippen LogP contribution in [0.15, 0.2) is 60.7 Å². The van der Waals surface area contributed by atoms with E-state index >= 15 is 0 Å². The molecule has 1 amide bonds. The van der Waals surface area contributed by atoms with Crippen LogP contribution in [0.3, 0.4) is 0 Å². The quantitative estimate of drug-likeness (QED) is 0.870. The normalized spacial score (nSPS) is 15.7. The fourth-order valence-corrected chi connectivity index (χ4v) is 3.19. The Hall–Kier alpha value is -2.33. The molecule has 1 saturated heterocycles. The highest BCUT2D eigenvalue weighted by molar-refractivity contribution is 5.67. The molecule has 1 N–H and O–H groups in total. The van der Waals surface area contributed by atoms with Crippen LogP contribution in [-0.4, -0.2) is 30.6 Å². The fraction of sp³-hybridized carbons (Fsp3) is 0.381. The Bertz CT molecular complexity index is 637. The van der Waals surface area contributed by atoms with Crippen LogP contribution in [-0.2, 0) is 17.9 Å². The Kier molecular flexibility index (Phi) is 6.46. The summed E-state index contributed by atoms with van der Waals surface area (Å²) in [5, 5.41) is 2.91. The Morgan fingerprint density at radius 1 is 0.960 bits per heavy atom. The van der Waals surface area contributed by atoms with E-state index in [9.17, 15) is 4.79 Å². The Morgan fingerprint density at radius 3 is 2.20 bits per heavy atom. The van der Waals surface area contributed by atoms with Crippen molar-refractivity contribution < 1.29 is 9.53 Å². The first-order chi connectivity index (χ1) is 12.3. The minimum absolute atomic E-state index is 0.322. The number of alkyl carbamates (subject to hydrolysis) is 1. The van der Waals surface area contributed by atoms with Crippen LogP contribution in [0.25, 0.3) is 0 Å². The van der Waals surface area contributed by atoms with Gasteiger partial charge in [-0.15, -0.1) is 0 Å². The molecule has 0 unspecified atom stereocenters. The van der Waals surface area contributed by atoms with Gasteiger partial charge in [0.25, 0.3) is 0 Å². The van der Waals surface area contributed by atoms with E-state index < -0.39 is 0 Å². The van der Waals surface area contributed by atoms with E-state index in [1.165, 1.54) is 5.56 Å². The number of benzene rings is 2. The zero-order chi connectivity index (χ0) is 17.3. The maximum Gasteiger partial charge on any atom is 0.407 e. The first-order valence-corrected chi connectivity index (χ1v) is 9.00. The van der Waals surface area contributed by atoms with Crippen LogP contribution < -0.4 is 5.32 Å². The van der Waals surface area contributed by atoms with Crippen molar-refractivity contribution in [1.82, 2.24) is 10.2 Å². The number of ether oxygens (including phenoxy) is 1. The number of amides is 1. The number of nitrogens with one attached hydrogen (secondary N) is 1. The molecule has 0 saturated carbocycles. The lowest BCUT2D eigenvalue weighted by atomic mass is 9.96. The molecular formula is C21H26N2O2. The Morgan fingerprint density at radius 2 is 1.56 bits per heavy atom. The molecule has 25 heavy (non-hydrogen) atoms. The van der Waals surface area contributed by atoms with E-state index in [0.29, 0.717) is 19.1 Å². The standard InChI is InChI=1S/C21H26N2O2/c24-21(25-17-20-9-5-2-6-10-20)22-15-18-11-13-23(14-12-18)16-19-7-3-1-4-8-19/h1-10,18H,11-17H2,(H,22,24). The highest BCUT2D eigenvalue weighted by Crippen LogP contribution is 2.18. The summed E-state index contributed by atoms with van der Waals surface area (Å²) in [6.45, 7) is 4.20. The first-order valence-electron chi connectivity index (χ1n) is 9.00. The van der Waals surface area contributed by atoms with E-state index in [2.05, 4.69) is 40.5 Å². The molecule has 3 rings (SSSR count). The van der Waals surface area contributed by atoms with E-state index in [0.717, 1.165) is 38.0 Å². The number of likely N-dealkylation sites (tertiary alicyclic amines) is 1. The van der Waals surface area contributed by atoms with Crippen LogP contribution >= 0.6 is 0 Å². The molecule has 1 fully saturated rings. The molecule has 1 heterocycles. The van der Waals surface area contributed by atoms with Crippen LogP contribution in [0.1, 0.15) is 24.0 Å². The van der Waals surface area contributed by atoms with E-state index in [4.69, 9.17) is 4.74 Å². The number of nitrogens with zero attached hydrogens (tertiary/aromatic N) is 1. The summed E-state index contributed by atoms with van der Waals surface area (Å²) in [6.07, 6.45) is 1.91. The predicted molar refractivity (Wildman–Crippen MR) is 99.1 cm³/mol. The number of carbonyl (C=O) groups excluding carboxylic acids is 1. The van der Waals surface area contributed by atoms with Crippen molar-refractivity contribution in [2.24, 2.45) is 5.92 Å². The second-order valence-corrected chi connectivity index (χ2v) is 6.65. The lowest BCUT2D eigenvalue weighted by Gasteiger charge is -2.32. The molecule has 1 aliphatic rings. The Labute approximate surface area is 149 Å². The largest absolute Gasteiger partial charge is 0.445 e.